The van der Waals surface area contributed by atoms with Crippen molar-refractivity contribution in [1.29, 1.82) is 0 Å². The number of halogens is 1. The highest BCUT2D eigenvalue weighted by molar-refractivity contribution is 9.09. The highest BCUT2D eigenvalue weighted by Gasteiger charge is 2.09. The second-order valence-corrected chi connectivity index (χ2v) is 3.49. The lowest BCUT2D eigenvalue weighted by Gasteiger charge is -2.12. The first-order chi connectivity index (χ1) is 6.29. The number of allylic oxidation sites excluding steroid dienone is 1. The third kappa shape index (κ3) is 2.68. The van der Waals surface area contributed by atoms with Gasteiger partial charge in [0.1, 0.15) is 5.01 Å². The summed E-state index contributed by atoms with van der Waals surface area (Å²) in [6.07, 6.45) is 2.05. The van der Waals surface area contributed by atoms with Crippen LogP contribution < -0.4 is 0 Å². The SMILES string of the molecule is C/C=C(\c1ccccc1)C(Br)OC. The summed E-state index contributed by atoms with van der Waals surface area (Å²) in [5.41, 5.74) is 2.34. The first-order valence-electron chi connectivity index (χ1n) is 4.18. The summed E-state index contributed by atoms with van der Waals surface area (Å²) >= 11 is 3.45. The Morgan fingerprint density at radius 1 is 1.38 bits per heavy atom. The standard InChI is InChI=1S/C11H13BrO/c1-3-10(11(12)13-2)9-7-5-4-6-8-9/h3-8,11H,1-2H3/b10-3+. The number of benzene rings is 1. The molecule has 0 aliphatic rings. The van der Waals surface area contributed by atoms with Crippen molar-refractivity contribution in [3.05, 3.63) is 42.0 Å². The Hall–Kier alpha value is -0.600. The van der Waals surface area contributed by atoms with Crippen molar-refractivity contribution in [2.75, 3.05) is 7.11 Å². The molecular weight excluding hydrogens is 228 g/mol. The van der Waals surface area contributed by atoms with Gasteiger partial charge in [0.05, 0.1) is 0 Å². The number of methoxy groups -OCH3 is 1. The molecule has 1 nitrogen and oxygen atoms in total. The van der Waals surface area contributed by atoms with Crippen molar-refractivity contribution in [3.8, 4) is 0 Å². The largest absolute Gasteiger partial charge is 0.365 e. The molecule has 0 amide bonds. The maximum absolute atomic E-state index is 5.21. The van der Waals surface area contributed by atoms with E-state index in [9.17, 15) is 0 Å². The van der Waals surface area contributed by atoms with Crippen LogP contribution in [0.5, 0.6) is 0 Å². The van der Waals surface area contributed by atoms with Crippen molar-refractivity contribution in [3.63, 3.8) is 0 Å². The van der Waals surface area contributed by atoms with Crippen molar-refractivity contribution >= 4 is 21.5 Å². The predicted octanol–water partition coefficient (Wildman–Crippen LogP) is 3.46. The van der Waals surface area contributed by atoms with Gasteiger partial charge in [-0.15, -0.1) is 0 Å². The zero-order chi connectivity index (χ0) is 9.68. The molecule has 0 saturated heterocycles. The van der Waals surface area contributed by atoms with Gasteiger partial charge in [-0.2, -0.15) is 0 Å². The molecule has 1 aromatic carbocycles. The molecule has 0 aliphatic heterocycles. The van der Waals surface area contributed by atoms with Gasteiger partial charge >= 0.3 is 0 Å². The van der Waals surface area contributed by atoms with Gasteiger partial charge in [0, 0.05) is 7.11 Å². The van der Waals surface area contributed by atoms with Crippen LogP contribution in [0.15, 0.2) is 36.4 Å². The molecule has 0 heterocycles. The Morgan fingerprint density at radius 2 is 2.00 bits per heavy atom. The average Bonchev–Trinajstić information content (AvgIpc) is 2.20. The van der Waals surface area contributed by atoms with Crippen LogP contribution in [0.3, 0.4) is 0 Å². The van der Waals surface area contributed by atoms with Crippen LogP contribution in [-0.2, 0) is 4.74 Å². The van der Waals surface area contributed by atoms with E-state index in [-0.39, 0.29) is 5.01 Å². The average molecular weight is 241 g/mol. The lowest BCUT2D eigenvalue weighted by atomic mass is 10.1. The fourth-order valence-corrected chi connectivity index (χ4v) is 1.71. The zero-order valence-electron chi connectivity index (χ0n) is 7.83. The molecule has 0 radical (unpaired) electrons. The molecule has 1 aromatic rings. The molecule has 70 valence electrons. The summed E-state index contributed by atoms with van der Waals surface area (Å²) in [6, 6.07) is 10.2. The Kier molecular flexibility index (Phi) is 4.19. The number of ether oxygens (including phenoxy) is 1. The van der Waals surface area contributed by atoms with Crippen LogP contribution in [0.2, 0.25) is 0 Å². The van der Waals surface area contributed by atoms with E-state index in [1.54, 1.807) is 7.11 Å². The van der Waals surface area contributed by atoms with E-state index in [1.165, 1.54) is 5.56 Å². The van der Waals surface area contributed by atoms with Crippen LogP contribution in [0.25, 0.3) is 5.57 Å². The van der Waals surface area contributed by atoms with Crippen LogP contribution in [0.4, 0.5) is 0 Å². The molecular formula is C11H13BrO. The maximum atomic E-state index is 5.21. The van der Waals surface area contributed by atoms with Crippen molar-refractivity contribution in [2.45, 2.75) is 11.9 Å². The van der Waals surface area contributed by atoms with Crippen LogP contribution >= 0.6 is 15.9 Å². The Balaban J connectivity index is 2.93. The van der Waals surface area contributed by atoms with Gasteiger partial charge in [-0.25, -0.2) is 0 Å². The Bertz CT molecular complexity index is 279. The first kappa shape index (κ1) is 10.5. The van der Waals surface area contributed by atoms with E-state index in [2.05, 4.69) is 34.1 Å². The molecule has 0 saturated carbocycles. The van der Waals surface area contributed by atoms with Crippen molar-refractivity contribution in [2.24, 2.45) is 0 Å². The van der Waals surface area contributed by atoms with Crippen molar-refractivity contribution in [1.82, 2.24) is 0 Å². The molecule has 2 heteroatoms. The van der Waals surface area contributed by atoms with E-state index < -0.39 is 0 Å². The van der Waals surface area contributed by atoms with Gasteiger partial charge < -0.3 is 4.74 Å². The molecule has 0 aromatic heterocycles. The fraction of sp³-hybridized carbons (Fsp3) is 0.273. The monoisotopic (exact) mass is 240 g/mol. The quantitative estimate of drug-likeness (QED) is 0.736. The molecule has 0 bridgehead atoms. The van der Waals surface area contributed by atoms with E-state index >= 15 is 0 Å². The molecule has 1 unspecified atom stereocenters. The second kappa shape index (κ2) is 5.20. The van der Waals surface area contributed by atoms with E-state index in [1.807, 2.05) is 25.1 Å². The molecule has 1 atom stereocenters. The molecule has 0 spiro atoms. The number of alkyl halides is 1. The summed E-state index contributed by atoms with van der Waals surface area (Å²) in [7, 11) is 1.69. The van der Waals surface area contributed by atoms with Gasteiger partial charge in [0.25, 0.3) is 0 Å². The van der Waals surface area contributed by atoms with Gasteiger partial charge in [-0.05, 0) is 18.1 Å². The minimum Gasteiger partial charge on any atom is -0.365 e. The van der Waals surface area contributed by atoms with Gasteiger partial charge in [0.2, 0.25) is 0 Å². The van der Waals surface area contributed by atoms with E-state index in [0.29, 0.717) is 0 Å². The highest BCUT2D eigenvalue weighted by Crippen LogP contribution is 2.23. The van der Waals surface area contributed by atoms with Gasteiger partial charge in [-0.1, -0.05) is 52.3 Å². The summed E-state index contributed by atoms with van der Waals surface area (Å²) in [5.74, 6) is 0. The topological polar surface area (TPSA) is 9.23 Å². The summed E-state index contributed by atoms with van der Waals surface area (Å²) in [6.45, 7) is 2.01. The fourth-order valence-electron chi connectivity index (χ4n) is 1.19. The minimum absolute atomic E-state index is 0.0279. The lowest BCUT2D eigenvalue weighted by Crippen LogP contribution is -2.03. The van der Waals surface area contributed by atoms with Crippen LogP contribution in [0, 0.1) is 0 Å². The highest BCUT2D eigenvalue weighted by atomic mass is 79.9. The summed E-state index contributed by atoms with van der Waals surface area (Å²) < 4.78 is 5.21. The lowest BCUT2D eigenvalue weighted by molar-refractivity contribution is 0.219. The third-order valence-corrected chi connectivity index (χ3v) is 2.74. The van der Waals surface area contributed by atoms with E-state index in [0.717, 1.165) is 5.57 Å². The Morgan fingerprint density at radius 3 is 2.46 bits per heavy atom. The number of hydrogen-bond donors (Lipinski definition) is 0. The molecule has 0 N–H and O–H groups in total. The number of rotatable bonds is 3. The van der Waals surface area contributed by atoms with Crippen LogP contribution in [0.1, 0.15) is 12.5 Å². The van der Waals surface area contributed by atoms with Crippen molar-refractivity contribution < 1.29 is 4.74 Å². The maximum Gasteiger partial charge on any atom is 0.137 e. The first-order valence-corrected chi connectivity index (χ1v) is 5.09. The molecule has 0 fully saturated rings. The second-order valence-electron chi connectivity index (χ2n) is 2.66. The van der Waals surface area contributed by atoms with E-state index in [4.69, 9.17) is 4.74 Å². The molecule has 0 aliphatic carbocycles. The number of hydrogen-bond acceptors (Lipinski definition) is 1. The predicted molar refractivity (Wildman–Crippen MR) is 59.8 cm³/mol. The summed E-state index contributed by atoms with van der Waals surface area (Å²) in [4.78, 5) is 0. The molecule has 1 rings (SSSR count). The summed E-state index contributed by atoms with van der Waals surface area (Å²) in [5, 5.41) is -0.0279. The minimum atomic E-state index is -0.0279. The third-order valence-electron chi connectivity index (χ3n) is 1.87. The zero-order valence-corrected chi connectivity index (χ0v) is 9.41. The van der Waals surface area contributed by atoms with Crippen LogP contribution in [-0.4, -0.2) is 12.1 Å². The van der Waals surface area contributed by atoms with Gasteiger partial charge in [0.15, 0.2) is 0 Å². The molecule has 13 heavy (non-hydrogen) atoms. The Labute approximate surface area is 87.5 Å². The van der Waals surface area contributed by atoms with Gasteiger partial charge in [-0.3, -0.25) is 0 Å². The normalized spacial score (nSPS) is 14.2. The smallest absolute Gasteiger partial charge is 0.137 e.